The van der Waals surface area contributed by atoms with E-state index in [0.717, 1.165) is 0 Å². The van der Waals surface area contributed by atoms with Gasteiger partial charge in [-0.1, -0.05) is 6.07 Å². The third-order valence-corrected chi connectivity index (χ3v) is 2.23. The number of halogens is 3. The molecule has 0 aliphatic carbocycles. The van der Waals surface area contributed by atoms with E-state index in [1.54, 1.807) is 0 Å². The van der Waals surface area contributed by atoms with Gasteiger partial charge in [0, 0.05) is 13.0 Å². The summed E-state index contributed by atoms with van der Waals surface area (Å²) < 4.78 is 35.6. The second-order valence-corrected chi connectivity index (χ2v) is 3.72. The molecule has 0 spiro atoms. The fourth-order valence-electron chi connectivity index (χ4n) is 1.33. The van der Waals surface area contributed by atoms with E-state index in [-0.39, 0.29) is 30.0 Å². The number of alkyl halides is 3. The number of carbonyl (C=O) groups is 1. The van der Waals surface area contributed by atoms with Crippen molar-refractivity contribution in [3.63, 3.8) is 0 Å². The van der Waals surface area contributed by atoms with Crippen LogP contribution in [0.2, 0.25) is 0 Å². The SMILES string of the molecule is Nc1cccc(C(=O)NCCCC(F)(F)F)c1O. The summed E-state index contributed by atoms with van der Waals surface area (Å²) >= 11 is 0. The molecule has 0 radical (unpaired) electrons. The Balaban J connectivity index is 2.49. The van der Waals surface area contributed by atoms with E-state index < -0.39 is 18.5 Å². The van der Waals surface area contributed by atoms with E-state index in [2.05, 4.69) is 5.32 Å². The lowest BCUT2D eigenvalue weighted by atomic mass is 10.1. The Labute approximate surface area is 102 Å². The number of amides is 1. The van der Waals surface area contributed by atoms with Crippen molar-refractivity contribution in [2.45, 2.75) is 19.0 Å². The minimum absolute atomic E-state index is 0.0398. The number of para-hydroxylation sites is 1. The highest BCUT2D eigenvalue weighted by atomic mass is 19.4. The molecule has 0 saturated carbocycles. The van der Waals surface area contributed by atoms with Gasteiger partial charge in [-0.15, -0.1) is 0 Å². The molecule has 4 nitrogen and oxygen atoms in total. The van der Waals surface area contributed by atoms with Crippen LogP contribution in [0, 0.1) is 0 Å². The van der Waals surface area contributed by atoms with E-state index in [9.17, 15) is 23.1 Å². The first-order valence-electron chi connectivity index (χ1n) is 5.23. The minimum atomic E-state index is -4.23. The number of aromatic hydroxyl groups is 1. The van der Waals surface area contributed by atoms with Crippen LogP contribution < -0.4 is 11.1 Å². The molecule has 0 fully saturated rings. The number of hydrogen-bond acceptors (Lipinski definition) is 3. The van der Waals surface area contributed by atoms with E-state index in [0.29, 0.717) is 0 Å². The molecule has 100 valence electrons. The molecule has 0 aromatic heterocycles. The Morgan fingerprint density at radius 2 is 2.06 bits per heavy atom. The molecule has 0 aliphatic heterocycles. The first-order chi connectivity index (χ1) is 8.31. The van der Waals surface area contributed by atoms with Crippen LogP contribution in [-0.4, -0.2) is 23.7 Å². The molecular weight excluding hydrogens is 249 g/mol. The Bertz CT molecular complexity index is 433. The van der Waals surface area contributed by atoms with Crippen LogP contribution in [0.15, 0.2) is 18.2 Å². The van der Waals surface area contributed by atoms with Crippen LogP contribution in [0.25, 0.3) is 0 Å². The zero-order valence-corrected chi connectivity index (χ0v) is 9.42. The zero-order valence-electron chi connectivity index (χ0n) is 9.42. The van der Waals surface area contributed by atoms with Gasteiger partial charge in [0.05, 0.1) is 11.3 Å². The fourth-order valence-corrected chi connectivity index (χ4v) is 1.33. The second kappa shape index (κ2) is 5.61. The van der Waals surface area contributed by atoms with Crippen molar-refractivity contribution >= 4 is 11.6 Å². The van der Waals surface area contributed by atoms with Gasteiger partial charge >= 0.3 is 6.18 Å². The molecule has 0 heterocycles. The van der Waals surface area contributed by atoms with Crippen molar-refractivity contribution in [1.82, 2.24) is 5.32 Å². The van der Waals surface area contributed by atoms with Gasteiger partial charge in [-0.05, 0) is 18.6 Å². The Morgan fingerprint density at radius 3 is 2.67 bits per heavy atom. The molecule has 0 unspecified atom stereocenters. The largest absolute Gasteiger partial charge is 0.505 e. The van der Waals surface area contributed by atoms with Gasteiger partial charge in [0.2, 0.25) is 0 Å². The number of hydrogen-bond donors (Lipinski definition) is 3. The van der Waals surface area contributed by atoms with E-state index >= 15 is 0 Å². The molecule has 7 heteroatoms. The van der Waals surface area contributed by atoms with Crippen LogP contribution in [0.4, 0.5) is 18.9 Å². The lowest BCUT2D eigenvalue weighted by Gasteiger charge is -2.09. The third-order valence-electron chi connectivity index (χ3n) is 2.23. The molecule has 18 heavy (non-hydrogen) atoms. The monoisotopic (exact) mass is 262 g/mol. The first-order valence-corrected chi connectivity index (χ1v) is 5.23. The van der Waals surface area contributed by atoms with Gasteiger partial charge in [-0.2, -0.15) is 13.2 Å². The third kappa shape index (κ3) is 4.15. The summed E-state index contributed by atoms with van der Waals surface area (Å²) in [6.07, 6.45) is -5.40. The summed E-state index contributed by atoms with van der Waals surface area (Å²) in [5, 5.41) is 11.8. The zero-order chi connectivity index (χ0) is 13.8. The molecular formula is C11H13F3N2O2. The maximum Gasteiger partial charge on any atom is 0.389 e. The average molecular weight is 262 g/mol. The Morgan fingerprint density at radius 1 is 1.39 bits per heavy atom. The number of carbonyl (C=O) groups excluding carboxylic acids is 1. The van der Waals surface area contributed by atoms with E-state index in [1.165, 1.54) is 18.2 Å². The minimum Gasteiger partial charge on any atom is -0.505 e. The average Bonchev–Trinajstić information content (AvgIpc) is 2.26. The smallest absolute Gasteiger partial charge is 0.389 e. The topological polar surface area (TPSA) is 75.4 Å². The highest BCUT2D eigenvalue weighted by Gasteiger charge is 2.26. The number of nitrogen functional groups attached to an aromatic ring is 1. The number of rotatable bonds is 4. The van der Waals surface area contributed by atoms with Gasteiger partial charge < -0.3 is 16.2 Å². The number of nitrogens with one attached hydrogen (secondary N) is 1. The number of benzene rings is 1. The molecule has 0 saturated heterocycles. The summed E-state index contributed by atoms with van der Waals surface area (Å²) in [4.78, 5) is 11.5. The standard InChI is InChI=1S/C11H13F3N2O2/c12-11(13,14)5-2-6-16-10(18)7-3-1-4-8(15)9(7)17/h1,3-4,17H,2,5-6,15H2,(H,16,18). The van der Waals surface area contributed by atoms with Crippen LogP contribution >= 0.6 is 0 Å². The van der Waals surface area contributed by atoms with E-state index in [1.807, 2.05) is 0 Å². The van der Waals surface area contributed by atoms with Gasteiger partial charge in [-0.3, -0.25) is 4.79 Å². The molecule has 1 aromatic rings. The Hall–Kier alpha value is -1.92. The summed E-state index contributed by atoms with van der Waals surface area (Å²) in [6.45, 7) is -0.118. The second-order valence-electron chi connectivity index (χ2n) is 3.72. The molecule has 1 aromatic carbocycles. The predicted molar refractivity (Wildman–Crippen MR) is 60.1 cm³/mol. The van der Waals surface area contributed by atoms with Crippen LogP contribution in [-0.2, 0) is 0 Å². The summed E-state index contributed by atoms with van der Waals surface area (Å²) in [5.41, 5.74) is 5.38. The molecule has 0 aliphatic rings. The van der Waals surface area contributed by atoms with Gasteiger partial charge in [-0.25, -0.2) is 0 Å². The highest BCUT2D eigenvalue weighted by Crippen LogP contribution is 2.24. The number of nitrogens with two attached hydrogens (primary N) is 1. The van der Waals surface area contributed by atoms with Crippen LogP contribution in [0.1, 0.15) is 23.2 Å². The summed E-state index contributed by atoms with van der Waals surface area (Å²) in [5.74, 6) is -1.02. The lowest BCUT2D eigenvalue weighted by molar-refractivity contribution is -0.135. The maximum atomic E-state index is 11.9. The van der Waals surface area contributed by atoms with Crippen molar-refractivity contribution in [2.24, 2.45) is 0 Å². The molecule has 4 N–H and O–H groups in total. The van der Waals surface area contributed by atoms with Crippen molar-refractivity contribution in [3.8, 4) is 5.75 Å². The predicted octanol–water partition coefficient (Wildman–Crippen LogP) is 2.05. The summed E-state index contributed by atoms with van der Waals surface area (Å²) in [7, 11) is 0. The van der Waals surface area contributed by atoms with E-state index in [4.69, 9.17) is 5.73 Å². The summed E-state index contributed by atoms with van der Waals surface area (Å²) in [6, 6.07) is 4.22. The number of anilines is 1. The molecule has 0 atom stereocenters. The molecule has 1 rings (SSSR count). The maximum absolute atomic E-state index is 11.9. The first kappa shape index (κ1) is 14.1. The van der Waals surface area contributed by atoms with Crippen molar-refractivity contribution in [2.75, 3.05) is 12.3 Å². The van der Waals surface area contributed by atoms with Crippen molar-refractivity contribution < 1.29 is 23.1 Å². The van der Waals surface area contributed by atoms with Crippen molar-refractivity contribution in [1.29, 1.82) is 0 Å². The lowest BCUT2D eigenvalue weighted by Crippen LogP contribution is -2.25. The molecule has 0 bridgehead atoms. The van der Waals surface area contributed by atoms with Crippen LogP contribution in [0.5, 0.6) is 5.75 Å². The molecule has 1 amide bonds. The number of phenols is 1. The van der Waals surface area contributed by atoms with Gasteiger partial charge in [0.15, 0.2) is 5.75 Å². The van der Waals surface area contributed by atoms with Gasteiger partial charge in [0.1, 0.15) is 0 Å². The van der Waals surface area contributed by atoms with Gasteiger partial charge in [0.25, 0.3) is 5.91 Å². The fraction of sp³-hybridized carbons (Fsp3) is 0.364. The Kier molecular flexibility index (Phi) is 4.41. The normalized spacial score (nSPS) is 11.3. The highest BCUT2D eigenvalue weighted by molar-refractivity contribution is 5.98. The number of phenolic OH excluding ortho intramolecular Hbond substituents is 1. The van der Waals surface area contributed by atoms with Crippen molar-refractivity contribution in [3.05, 3.63) is 23.8 Å². The quantitative estimate of drug-likeness (QED) is 0.441. The van der Waals surface area contributed by atoms with Crippen LogP contribution in [0.3, 0.4) is 0 Å².